The summed E-state index contributed by atoms with van der Waals surface area (Å²) in [5, 5.41) is 8.88. The SMILES string of the molecule is CSc1ccc(-c2ccc(C(C)C#N)cc2)cc1. The molecule has 0 spiro atoms. The number of nitrogens with zero attached hydrogens (tertiary/aromatic N) is 1. The Morgan fingerprint density at radius 1 is 0.944 bits per heavy atom. The summed E-state index contributed by atoms with van der Waals surface area (Å²) in [5.74, 6) is -0.0436. The molecule has 18 heavy (non-hydrogen) atoms. The van der Waals surface area contributed by atoms with E-state index in [-0.39, 0.29) is 5.92 Å². The van der Waals surface area contributed by atoms with Crippen molar-refractivity contribution in [3.63, 3.8) is 0 Å². The Kier molecular flexibility index (Phi) is 4.07. The Labute approximate surface area is 112 Å². The molecule has 0 radical (unpaired) electrons. The Bertz CT molecular complexity index is 549. The van der Waals surface area contributed by atoms with Crippen LogP contribution >= 0.6 is 11.8 Å². The summed E-state index contributed by atoms with van der Waals surface area (Å²) in [4.78, 5) is 1.27. The van der Waals surface area contributed by atoms with Crippen molar-refractivity contribution in [1.29, 1.82) is 5.26 Å². The smallest absolute Gasteiger partial charge is 0.0700 e. The Balaban J connectivity index is 2.26. The predicted octanol–water partition coefficient (Wildman–Crippen LogP) is 4.70. The van der Waals surface area contributed by atoms with Crippen molar-refractivity contribution >= 4 is 11.8 Å². The van der Waals surface area contributed by atoms with Gasteiger partial charge in [0.05, 0.1) is 12.0 Å². The van der Waals surface area contributed by atoms with Gasteiger partial charge < -0.3 is 0 Å². The minimum Gasteiger partial charge on any atom is -0.198 e. The normalized spacial score (nSPS) is 11.8. The first-order valence-electron chi connectivity index (χ1n) is 5.88. The molecular weight excluding hydrogens is 238 g/mol. The van der Waals surface area contributed by atoms with Gasteiger partial charge in [0.1, 0.15) is 0 Å². The number of hydrogen-bond acceptors (Lipinski definition) is 2. The van der Waals surface area contributed by atoms with Gasteiger partial charge in [-0.25, -0.2) is 0 Å². The third-order valence-corrected chi connectivity index (χ3v) is 3.77. The maximum Gasteiger partial charge on any atom is 0.0700 e. The second-order valence-corrected chi connectivity index (χ2v) is 5.08. The quantitative estimate of drug-likeness (QED) is 0.740. The highest BCUT2D eigenvalue weighted by atomic mass is 32.2. The lowest BCUT2D eigenvalue weighted by Gasteiger charge is -2.06. The average molecular weight is 253 g/mol. The summed E-state index contributed by atoms with van der Waals surface area (Å²) in [6.45, 7) is 1.92. The highest BCUT2D eigenvalue weighted by Crippen LogP contribution is 2.24. The minimum absolute atomic E-state index is 0.0436. The number of rotatable bonds is 3. The third-order valence-electron chi connectivity index (χ3n) is 3.03. The summed E-state index contributed by atoms with van der Waals surface area (Å²) < 4.78 is 0. The summed E-state index contributed by atoms with van der Waals surface area (Å²) in [6.07, 6.45) is 2.08. The topological polar surface area (TPSA) is 23.8 Å². The van der Waals surface area contributed by atoms with Crippen LogP contribution in [0.2, 0.25) is 0 Å². The van der Waals surface area contributed by atoms with E-state index in [9.17, 15) is 0 Å². The lowest BCUT2D eigenvalue weighted by molar-refractivity contribution is 0.982. The molecule has 2 rings (SSSR count). The van der Waals surface area contributed by atoms with Gasteiger partial charge in [0, 0.05) is 4.90 Å². The highest BCUT2D eigenvalue weighted by molar-refractivity contribution is 7.98. The molecule has 90 valence electrons. The number of hydrogen-bond donors (Lipinski definition) is 0. The second kappa shape index (κ2) is 5.75. The van der Waals surface area contributed by atoms with Crippen molar-refractivity contribution in [2.45, 2.75) is 17.7 Å². The van der Waals surface area contributed by atoms with E-state index in [1.807, 2.05) is 19.1 Å². The van der Waals surface area contributed by atoms with Crippen molar-refractivity contribution in [2.24, 2.45) is 0 Å². The van der Waals surface area contributed by atoms with Gasteiger partial charge in [-0.05, 0) is 42.0 Å². The first kappa shape index (κ1) is 12.7. The molecule has 1 unspecified atom stereocenters. The molecule has 0 fully saturated rings. The van der Waals surface area contributed by atoms with Crippen LogP contribution in [0.3, 0.4) is 0 Å². The van der Waals surface area contributed by atoms with Crippen molar-refractivity contribution in [3.05, 3.63) is 54.1 Å². The summed E-state index contributed by atoms with van der Waals surface area (Å²) in [5.41, 5.74) is 3.47. The van der Waals surface area contributed by atoms with Gasteiger partial charge in [-0.15, -0.1) is 11.8 Å². The molecule has 0 N–H and O–H groups in total. The standard InChI is InChI=1S/C16H15NS/c1-12(11-17)13-3-5-14(6-4-13)15-7-9-16(18-2)10-8-15/h3-10,12H,1-2H3. The zero-order chi connectivity index (χ0) is 13.0. The lowest BCUT2D eigenvalue weighted by Crippen LogP contribution is -1.88. The van der Waals surface area contributed by atoms with Gasteiger partial charge in [0.25, 0.3) is 0 Å². The van der Waals surface area contributed by atoms with Crippen molar-refractivity contribution < 1.29 is 0 Å². The van der Waals surface area contributed by atoms with E-state index in [2.05, 4.69) is 48.7 Å². The van der Waals surface area contributed by atoms with Gasteiger partial charge in [-0.1, -0.05) is 36.4 Å². The van der Waals surface area contributed by atoms with Crippen LogP contribution in [0, 0.1) is 11.3 Å². The van der Waals surface area contributed by atoms with Gasteiger partial charge >= 0.3 is 0 Å². The molecule has 0 aromatic heterocycles. The first-order valence-corrected chi connectivity index (χ1v) is 7.11. The zero-order valence-electron chi connectivity index (χ0n) is 10.6. The molecule has 2 aromatic carbocycles. The molecule has 1 atom stereocenters. The third kappa shape index (κ3) is 2.75. The Hall–Kier alpha value is -1.72. The maximum atomic E-state index is 8.88. The van der Waals surface area contributed by atoms with E-state index in [0.29, 0.717) is 0 Å². The van der Waals surface area contributed by atoms with Crippen molar-refractivity contribution in [1.82, 2.24) is 0 Å². The van der Waals surface area contributed by atoms with Gasteiger partial charge in [0.15, 0.2) is 0 Å². The minimum atomic E-state index is -0.0436. The van der Waals surface area contributed by atoms with Crippen LogP contribution in [0.1, 0.15) is 18.4 Å². The summed E-state index contributed by atoms with van der Waals surface area (Å²) in [7, 11) is 0. The maximum absolute atomic E-state index is 8.88. The van der Waals surface area contributed by atoms with E-state index in [4.69, 9.17) is 5.26 Å². The highest BCUT2D eigenvalue weighted by Gasteiger charge is 2.04. The van der Waals surface area contributed by atoms with Gasteiger partial charge in [-0.3, -0.25) is 0 Å². The van der Waals surface area contributed by atoms with E-state index in [0.717, 1.165) is 5.56 Å². The van der Waals surface area contributed by atoms with Crippen LogP contribution in [0.5, 0.6) is 0 Å². The molecule has 2 heteroatoms. The average Bonchev–Trinajstić information content (AvgIpc) is 2.47. The lowest BCUT2D eigenvalue weighted by atomic mass is 9.98. The molecule has 0 heterocycles. The molecule has 0 aliphatic rings. The summed E-state index contributed by atoms with van der Waals surface area (Å²) in [6, 6.07) is 19.0. The van der Waals surface area contributed by atoms with Crippen LogP contribution in [0.25, 0.3) is 11.1 Å². The molecule has 0 amide bonds. The number of thioether (sulfide) groups is 1. The molecule has 0 aliphatic carbocycles. The fraction of sp³-hybridized carbons (Fsp3) is 0.188. The van der Waals surface area contributed by atoms with E-state index < -0.39 is 0 Å². The van der Waals surface area contributed by atoms with Crippen molar-refractivity contribution in [2.75, 3.05) is 6.26 Å². The van der Waals surface area contributed by atoms with E-state index >= 15 is 0 Å². The van der Waals surface area contributed by atoms with Crippen molar-refractivity contribution in [3.8, 4) is 17.2 Å². The molecule has 0 saturated heterocycles. The molecule has 0 bridgehead atoms. The van der Waals surface area contributed by atoms with E-state index in [1.54, 1.807) is 11.8 Å². The first-order chi connectivity index (χ1) is 8.74. The number of benzene rings is 2. The largest absolute Gasteiger partial charge is 0.198 e. The second-order valence-electron chi connectivity index (χ2n) is 4.20. The number of nitriles is 1. The molecule has 0 aliphatic heterocycles. The fourth-order valence-corrected chi connectivity index (χ4v) is 2.23. The fourth-order valence-electron chi connectivity index (χ4n) is 1.82. The molecular formula is C16H15NS. The predicted molar refractivity (Wildman–Crippen MR) is 77.7 cm³/mol. The molecule has 0 saturated carbocycles. The molecule has 1 nitrogen and oxygen atoms in total. The Morgan fingerprint density at radius 3 is 1.89 bits per heavy atom. The van der Waals surface area contributed by atoms with Crippen LogP contribution in [-0.2, 0) is 0 Å². The van der Waals surface area contributed by atoms with Gasteiger partial charge in [0.2, 0.25) is 0 Å². The van der Waals surface area contributed by atoms with Crippen LogP contribution in [0.4, 0.5) is 0 Å². The molecule has 2 aromatic rings. The summed E-state index contributed by atoms with van der Waals surface area (Å²) >= 11 is 1.75. The van der Waals surface area contributed by atoms with Crippen LogP contribution < -0.4 is 0 Å². The zero-order valence-corrected chi connectivity index (χ0v) is 11.4. The van der Waals surface area contributed by atoms with Crippen LogP contribution in [-0.4, -0.2) is 6.26 Å². The van der Waals surface area contributed by atoms with E-state index in [1.165, 1.54) is 16.0 Å². The van der Waals surface area contributed by atoms with Gasteiger partial charge in [-0.2, -0.15) is 5.26 Å². The monoisotopic (exact) mass is 253 g/mol. The Morgan fingerprint density at radius 2 is 1.44 bits per heavy atom. The van der Waals surface area contributed by atoms with Crippen LogP contribution in [0.15, 0.2) is 53.4 Å².